The fourth-order valence-electron chi connectivity index (χ4n) is 4.34. The van der Waals surface area contributed by atoms with Gasteiger partial charge in [0.15, 0.2) is 0 Å². The van der Waals surface area contributed by atoms with Crippen molar-refractivity contribution in [3.63, 3.8) is 0 Å². The number of carbonyl (C=O) groups is 1. The Morgan fingerprint density at radius 1 is 1.06 bits per heavy atom. The fourth-order valence-corrected chi connectivity index (χ4v) is 4.34. The summed E-state index contributed by atoms with van der Waals surface area (Å²) >= 11 is 0. The predicted molar refractivity (Wildman–Crippen MR) is 131 cm³/mol. The van der Waals surface area contributed by atoms with Crippen molar-refractivity contribution in [2.24, 2.45) is 5.92 Å². The summed E-state index contributed by atoms with van der Waals surface area (Å²) in [5.41, 5.74) is 2.20. The third-order valence-electron chi connectivity index (χ3n) is 6.26. The van der Waals surface area contributed by atoms with Crippen LogP contribution in [0, 0.1) is 5.92 Å². The van der Waals surface area contributed by atoms with E-state index >= 15 is 0 Å². The first-order chi connectivity index (χ1) is 15.8. The van der Waals surface area contributed by atoms with Gasteiger partial charge in [-0.3, -0.25) is 0 Å². The predicted octanol–water partition coefficient (Wildman–Crippen LogP) is 4.98. The number of ether oxygens (including phenoxy) is 1. The van der Waals surface area contributed by atoms with Gasteiger partial charge in [0, 0.05) is 12.1 Å². The molecule has 3 aromatic carbocycles. The number of aliphatic hydroxyl groups is 1. The number of nitrogens with one attached hydrogen (secondary N) is 1. The van der Waals surface area contributed by atoms with Crippen LogP contribution in [0.25, 0.3) is 10.8 Å². The molecule has 0 aromatic heterocycles. The summed E-state index contributed by atoms with van der Waals surface area (Å²) in [4.78, 5) is 11.3. The molecule has 1 aliphatic carbocycles. The molecule has 1 unspecified atom stereocenters. The van der Waals surface area contributed by atoms with E-state index in [1.165, 1.54) is 16.3 Å². The average Bonchev–Trinajstić information content (AvgIpc) is 3.63. The Kier molecular flexibility index (Phi) is 7.13. The molecule has 0 spiro atoms. The van der Waals surface area contributed by atoms with Gasteiger partial charge in [-0.2, -0.15) is 0 Å². The highest BCUT2D eigenvalue weighted by atomic mass is 16.5. The van der Waals surface area contributed by atoms with Gasteiger partial charge in [0.2, 0.25) is 0 Å². The average molecular weight is 448 g/mol. The minimum absolute atomic E-state index is 0.176. The summed E-state index contributed by atoms with van der Waals surface area (Å²) in [5.74, 6) is -0.553. The Bertz CT molecular complexity index is 1110. The number of hydrogen-bond acceptors (Lipinski definition) is 4. The van der Waals surface area contributed by atoms with E-state index in [1.54, 1.807) is 18.2 Å². The number of fused-ring (bicyclic) bond motifs is 1. The second kappa shape index (κ2) is 10.0. The summed E-state index contributed by atoms with van der Waals surface area (Å²) in [6, 6.07) is 21.8. The van der Waals surface area contributed by atoms with Gasteiger partial charge in [-0.25, -0.2) is 4.79 Å². The molecule has 0 saturated heterocycles. The first kappa shape index (κ1) is 23.4. The Balaban J connectivity index is 1.30. The van der Waals surface area contributed by atoms with Gasteiger partial charge in [-0.15, -0.1) is 0 Å². The largest absolute Gasteiger partial charge is 0.478 e. The standard InChI is InChI=1S/C28H33NO4/c1-28(2,16-19-10-11-20-6-3-4-7-22(20)14-19)29-17-25(30)18-33-26(21-12-13-21)23-8-5-9-24(15-23)27(31)32/h3-11,14-15,21,25-26,29-30H,12-13,16-18H2,1-2H3,(H,31,32)/t25-,26?/m1/s1. The molecule has 2 atom stereocenters. The zero-order chi connectivity index (χ0) is 23.4. The van der Waals surface area contributed by atoms with Crippen LogP contribution in [0.1, 0.15) is 54.3 Å². The van der Waals surface area contributed by atoms with Crippen molar-refractivity contribution in [1.82, 2.24) is 5.32 Å². The Morgan fingerprint density at radius 3 is 2.55 bits per heavy atom. The van der Waals surface area contributed by atoms with Crippen LogP contribution in [0.3, 0.4) is 0 Å². The van der Waals surface area contributed by atoms with Crippen molar-refractivity contribution >= 4 is 16.7 Å². The number of rotatable bonds is 11. The van der Waals surface area contributed by atoms with Crippen LogP contribution in [0.4, 0.5) is 0 Å². The normalized spacial score (nSPS) is 16.0. The molecule has 0 radical (unpaired) electrons. The maximum atomic E-state index is 11.3. The van der Waals surface area contributed by atoms with Gasteiger partial charge < -0.3 is 20.3 Å². The van der Waals surface area contributed by atoms with Crippen LogP contribution in [0.5, 0.6) is 0 Å². The van der Waals surface area contributed by atoms with E-state index in [0.29, 0.717) is 12.5 Å². The lowest BCUT2D eigenvalue weighted by atomic mass is 9.93. The third-order valence-corrected chi connectivity index (χ3v) is 6.26. The van der Waals surface area contributed by atoms with Crippen molar-refractivity contribution in [3.8, 4) is 0 Å². The number of carboxylic acids is 1. The third kappa shape index (κ3) is 6.41. The van der Waals surface area contributed by atoms with E-state index in [9.17, 15) is 15.0 Å². The Hall–Kier alpha value is -2.73. The van der Waals surface area contributed by atoms with Gasteiger partial charge in [0.05, 0.1) is 24.4 Å². The van der Waals surface area contributed by atoms with Crippen molar-refractivity contribution in [2.45, 2.75) is 50.9 Å². The van der Waals surface area contributed by atoms with Gasteiger partial charge in [0.25, 0.3) is 0 Å². The first-order valence-electron chi connectivity index (χ1n) is 11.7. The second-order valence-corrected chi connectivity index (χ2v) is 9.80. The highest BCUT2D eigenvalue weighted by Gasteiger charge is 2.34. The monoisotopic (exact) mass is 447 g/mol. The molecule has 174 valence electrons. The summed E-state index contributed by atoms with van der Waals surface area (Å²) in [7, 11) is 0. The number of aliphatic hydroxyl groups excluding tert-OH is 1. The molecule has 5 nitrogen and oxygen atoms in total. The van der Waals surface area contributed by atoms with Crippen molar-refractivity contribution in [3.05, 3.63) is 83.4 Å². The summed E-state index contributed by atoms with van der Waals surface area (Å²) in [5, 5.41) is 25.8. The minimum atomic E-state index is -0.940. The molecule has 0 amide bonds. The van der Waals surface area contributed by atoms with Crippen LogP contribution in [0.15, 0.2) is 66.7 Å². The molecule has 4 rings (SSSR count). The number of benzene rings is 3. The summed E-state index contributed by atoms with van der Waals surface area (Å²) < 4.78 is 6.10. The van der Waals surface area contributed by atoms with Crippen molar-refractivity contribution < 1.29 is 19.7 Å². The Morgan fingerprint density at radius 2 is 1.82 bits per heavy atom. The van der Waals surface area contributed by atoms with Gasteiger partial charge in [-0.1, -0.05) is 54.6 Å². The lowest BCUT2D eigenvalue weighted by molar-refractivity contribution is -0.0211. The van der Waals surface area contributed by atoms with Crippen molar-refractivity contribution in [2.75, 3.05) is 13.2 Å². The summed E-state index contributed by atoms with van der Waals surface area (Å²) in [6.07, 6.45) is 2.15. The lowest BCUT2D eigenvalue weighted by Crippen LogP contribution is -2.46. The molecule has 1 fully saturated rings. The first-order valence-corrected chi connectivity index (χ1v) is 11.7. The highest BCUT2D eigenvalue weighted by Crippen LogP contribution is 2.43. The van der Waals surface area contributed by atoms with E-state index < -0.39 is 12.1 Å². The van der Waals surface area contributed by atoms with Gasteiger partial charge in [-0.05, 0) is 73.1 Å². The molecule has 0 bridgehead atoms. The van der Waals surface area contributed by atoms with E-state index in [1.807, 2.05) is 12.1 Å². The quantitative estimate of drug-likeness (QED) is 0.386. The molecule has 33 heavy (non-hydrogen) atoms. The van der Waals surface area contributed by atoms with Gasteiger partial charge in [0.1, 0.15) is 0 Å². The SMILES string of the molecule is CC(C)(Cc1ccc2ccccc2c1)NC[C@@H](O)COC(c1cccc(C(=O)O)c1)C1CC1. The van der Waals surface area contributed by atoms with Gasteiger partial charge >= 0.3 is 5.97 Å². The van der Waals surface area contributed by atoms with E-state index in [-0.39, 0.29) is 23.8 Å². The molecular formula is C28H33NO4. The van der Waals surface area contributed by atoms with Crippen LogP contribution in [0.2, 0.25) is 0 Å². The molecule has 0 aliphatic heterocycles. The highest BCUT2D eigenvalue weighted by molar-refractivity contribution is 5.87. The van der Waals surface area contributed by atoms with Crippen LogP contribution in [-0.4, -0.2) is 41.0 Å². The summed E-state index contributed by atoms with van der Waals surface area (Å²) in [6.45, 7) is 4.91. The molecule has 3 aromatic rings. The van der Waals surface area contributed by atoms with Crippen LogP contribution >= 0.6 is 0 Å². The molecule has 5 heteroatoms. The van der Waals surface area contributed by atoms with E-state index in [2.05, 4.69) is 55.6 Å². The smallest absolute Gasteiger partial charge is 0.335 e. The maximum Gasteiger partial charge on any atom is 0.335 e. The number of aromatic carboxylic acids is 1. The zero-order valence-corrected chi connectivity index (χ0v) is 19.3. The lowest BCUT2D eigenvalue weighted by Gasteiger charge is -2.29. The van der Waals surface area contributed by atoms with Crippen LogP contribution in [-0.2, 0) is 11.2 Å². The molecule has 3 N–H and O–H groups in total. The minimum Gasteiger partial charge on any atom is -0.478 e. The zero-order valence-electron chi connectivity index (χ0n) is 19.3. The molecule has 1 aliphatic rings. The maximum absolute atomic E-state index is 11.3. The second-order valence-electron chi connectivity index (χ2n) is 9.80. The van der Waals surface area contributed by atoms with E-state index in [0.717, 1.165) is 24.8 Å². The van der Waals surface area contributed by atoms with E-state index in [4.69, 9.17) is 4.74 Å². The molecule has 0 heterocycles. The Labute approximate surface area is 195 Å². The molecular weight excluding hydrogens is 414 g/mol. The number of carboxylic acid groups (broad SMARTS) is 1. The van der Waals surface area contributed by atoms with Crippen molar-refractivity contribution in [1.29, 1.82) is 0 Å². The topological polar surface area (TPSA) is 78.8 Å². The number of hydrogen-bond donors (Lipinski definition) is 3. The molecule has 1 saturated carbocycles. The number of β-amino-alcohol motifs (C(OH)–C–C–N with tert-alkyl or cyclic N) is 1. The van der Waals surface area contributed by atoms with Crippen LogP contribution < -0.4 is 5.32 Å². The fraction of sp³-hybridized carbons (Fsp3) is 0.393.